The van der Waals surface area contributed by atoms with Gasteiger partial charge in [-0.3, -0.25) is 0 Å². The second-order valence-corrected chi connectivity index (χ2v) is 8.28. The van der Waals surface area contributed by atoms with Crippen LogP contribution in [-0.4, -0.2) is 5.25 Å². The van der Waals surface area contributed by atoms with Gasteiger partial charge in [0.1, 0.15) is 0 Å². The van der Waals surface area contributed by atoms with Gasteiger partial charge in [0.15, 0.2) is 0 Å². The minimum atomic E-state index is 0.367. The van der Waals surface area contributed by atoms with Crippen molar-refractivity contribution < 1.29 is 0 Å². The maximum Gasteiger partial charge on any atom is 0.0469 e. The maximum atomic E-state index is 4.00. The average molecular weight is 363 g/mol. The number of allylic oxidation sites excluding steroid dienone is 1. The molecule has 0 radical (unpaired) electrons. The topological polar surface area (TPSA) is 0 Å². The SMILES string of the molecule is C=CC[C@H](Sc1ccccc1)[C@H](Sc1ccccc1)c1ccccc1. The van der Waals surface area contributed by atoms with Crippen molar-refractivity contribution in [3.8, 4) is 0 Å². The standard InChI is InChI=1S/C23H22S2/c1-2-12-22(24-20-15-8-4-9-16-20)23(19-13-6-3-7-14-19)25-21-17-10-5-11-18-21/h2-11,13-18,22-23H,1,12H2/t22-,23+/m0/s1. The molecule has 0 fully saturated rings. The second kappa shape index (κ2) is 9.55. The summed E-state index contributed by atoms with van der Waals surface area (Å²) in [6, 6.07) is 32.2. The summed E-state index contributed by atoms with van der Waals surface area (Å²) in [5.41, 5.74) is 1.37. The second-order valence-electron chi connectivity index (χ2n) is 5.76. The summed E-state index contributed by atoms with van der Waals surface area (Å²) in [7, 11) is 0. The van der Waals surface area contributed by atoms with Crippen molar-refractivity contribution in [2.24, 2.45) is 0 Å². The lowest BCUT2D eigenvalue weighted by atomic mass is 10.1. The van der Waals surface area contributed by atoms with Gasteiger partial charge in [-0.25, -0.2) is 0 Å². The van der Waals surface area contributed by atoms with Crippen LogP contribution in [0.3, 0.4) is 0 Å². The molecule has 0 aliphatic carbocycles. The lowest BCUT2D eigenvalue weighted by Gasteiger charge is -2.26. The molecular weight excluding hydrogens is 340 g/mol. The summed E-state index contributed by atoms with van der Waals surface area (Å²) in [4.78, 5) is 2.61. The molecule has 0 bridgehead atoms. The molecule has 0 nitrogen and oxygen atoms in total. The molecule has 0 N–H and O–H groups in total. The minimum absolute atomic E-state index is 0.367. The van der Waals surface area contributed by atoms with Crippen LogP contribution in [0.1, 0.15) is 17.2 Å². The number of hydrogen-bond acceptors (Lipinski definition) is 2. The molecule has 0 aromatic heterocycles. The van der Waals surface area contributed by atoms with Crippen molar-refractivity contribution in [3.05, 3.63) is 109 Å². The van der Waals surface area contributed by atoms with E-state index in [0.29, 0.717) is 10.5 Å². The quantitative estimate of drug-likeness (QED) is 0.305. The summed E-state index contributed by atoms with van der Waals surface area (Å²) < 4.78 is 0. The summed E-state index contributed by atoms with van der Waals surface area (Å²) in [6.07, 6.45) is 3.01. The normalized spacial score (nSPS) is 13.1. The molecule has 0 aliphatic rings. The lowest BCUT2D eigenvalue weighted by molar-refractivity contribution is 0.844. The van der Waals surface area contributed by atoms with E-state index in [2.05, 4.69) is 97.6 Å². The van der Waals surface area contributed by atoms with Crippen LogP contribution < -0.4 is 0 Å². The zero-order valence-electron chi connectivity index (χ0n) is 14.1. The van der Waals surface area contributed by atoms with Gasteiger partial charge in [0.05, 0.1) is 0 Å². The molecule has 3 aromatic rings. The largest absolute Gasteiger partial charge is 0.121 e. The molecule has 126 valence electrons. The van der Waals surface area contributed by atoms with E-state index in [1.165, 1.54) is 15.4 Å². The fraction of sp³-hybridized carbons (Fsp3) is 0.130. The van der Waals surface area contributed by atoms with E-state index in [0.717, 1.165) is 6.42 Å². The van der Waals surface area contributed by atoms with Gasteiger partial charge in [0.25, 0.3) is 0 Å². The average Bonchev–Trinajstić information content (AvgIpc) is 2.68. The summed E-state index contributed by atoms with van der Waals surface area (Å²) in [6.45, 7) is 4.00. The van der Waals surface area contributed by atoms with Crippen molar-refractivity contribution in [1.82, 2.24) is 0 Å². The predicted octanol–water partition coefficient (Wildman–Crippen LogP) is 7.26. The number of hydrogen-bond donors (Lipinski definition) is 0. The monoisotopic (exact) mass is 362 g/mol. The van der Waals surface area contributed by atoms with Crippen molar-refractivity contribution in [1.29, 1.82) is 0 Å². The van der Waals surface area contributed by atoms with Gasteiger partial charge in [-0.1, -0.05) is 72.8 Å². The Morgan fingerprint density at radius 1 is 0.680 bits per heavy atom. The molecule has 0 aliphatic heterocycles. The van der Waals surface area contributed by atoms with Gasteiger partial charge in [0.2, 0.25) is 0 Å². The van der Waals surface area contributed by atoms with Gasteiger partial charge in [-0.15, -0.1) is 30.1 Å². The van der Waals surface area contributed by atoms with Crippen LogP contribution in [-0.2, 0) is 0 Å². The fourth-order valence-corrected chi connectivity index (χ4v) is 5.39. The smallest absolute Gasteiger partial charge is 0.0469 e. The summed E-state index contributed by atoms with van der Waals surface area (Å²) in [5, 5.41) is 0.791. The molecular formula is C23H22S2. The molecule has 0 unspecified atom stereocenters. The Kier molecular flexibility index (Phi) is 6.84. The van der Waals surface area contributed by atoms with Gasteiger partial charge >= 0.3 is 0 Å². The third kappa shape index (κ3) is 5.29. The van der Waals surface area contributed by atoms with Crippen molar-refractivity contribution in [3.63, 3.8) is 0 Å². The van der Waals surface area contributed by atoms with E-state index in [9.17, 15) is 0 Å². The van der Waals surface area contributed by atoms with Crippen LogP contribution in [0.5, 0.6) is 0 Å². The summed E-state index contributed by atoms with van der Waals surface area (Å²) in [5.74, 6) is 0. The molecule has 0 heterocycles. The van der Waals surface area contributed by atoms with Crippen LogP contribution in [0.15, 0.2) is 113 Å². The van der Waals surface area contributed by atoms with E-state index >= 15 is 0 Å². The van der Waals surface area contributed by atoms with Crippen molar-refractivity contribution in [2.45, 2.75) is 26.7 Å². The molecule has 0 saturated carbocycles. The number of rotatable bonds is 8. The molecule has 0 saturated heterocycles. The molecule has 25 heavy (non-hydrogen) atoms. The maximum absolute atomic E-state index is 4.00. The molecule has 2 heteroatoms. The highest BCUT2D eigenvalue weighted by Crippen LogP contribution is 2.45. The van der Waals surface area contributed by atoms with Gasteiger partial charge in [-0.2, -0.15) is 0 Å². The van der Waals surface area contributed by atoms with Gasteiger partial charge in [0, 0.05) is 20.3 Å². The van der Waals surface area contributed by atoms with Crippen LogP contribution in [0, 0.1) is 0 Å². The van der Waals surface area contributed by atoms with E-state index in [1.54, 1.807) is 0 Å². The summed E-state index contributed by atoms with van der Waals surface area (Å²) >= 11 is 3.88. The minimum Gasteiger partial charge on any atom is -0.121 e. The molecule has 0 amide bonds. The van der Waals surface area contributed by atoms with Crippen molar-refractivity contribution >= 4 is 23.5 Å². The Morgan fingerprint density at radius 2 is 1.16 bits per heavy atom. The molecule has 3 rings (SSSR count). The highest BCUT2D eigenvalue weighted by atomic mass is 32.2. The number of benzene rings is 3. The van der Waals surface area contributed by atoms with Crippen LogP contribution in [0.25, 0.3) is 0 Å². The molecule has 2 atom stereocenters. The highest BCUT2D eigenvalue weighted by Gasteiger charge is 2.24. The Morgan fingerprint density at radius 3 is 1.68 bits per heavy atom. The van der Waals surface area contributed by atoms with E-state index < -0.39 is 0 Å². The Balaban J connectivity index is 1.90. The zero-order valence-corrected chi connectivity index (χ0v) is 15.8. The first-order chi connectivity index (χ1) is 12.4. The number of thioether (sulfide) groups is 2. The first kappa shape index (κ1) is 17.9. The first-order valence-corrected chi connectivity index (χ1v) is 10.2. The van der Waals surface area contributed by atoms with E-state index in [-0.39, 0.29) is 0 Å². The molecule has 0 spiro atoms. The zero-order chi connectivity index (χ0) is 17.3. The third-order valence-corrected chi connectivity index (χ3v) is 6.78. The third-order valence-electron chi connectivity index (χ3n) is 3.90. The van der Waals surface area contributed by atoms with E-state index in [1.807, 2.05) is 29.6 Å². The Labute approximate surface area is 159 Å². The van der Waals surface area contributed by atoms with Gasteiger partial charge < -0.3 is 0 Å². The van der Waals surface area contributed by atoms with Crippen LogP contribution in [0.4, 0.5) is 0 Å². The predicted molar refractivity (Wildman–Crippen MR) is 112 cm³/mol. The first-order valence-electron chi connectivity index (χ1n) is 8.46. The highest BCUT2D eigenvalue weighted by molar-refractivity contribution is 8.03. The van der Waals surface area contributed by atoms with Crippen LogP contribution >= 0.6 is 23.5 Å². The van der Waals surface area contributed by atoms with Crippen LogP contribution in [0.2, 0.25) is 0 Å². The van der Waals surface area contributed by atoms with E-state index in [4.69, 9.17) is 0 Å². The fourth-order valence-electron chi connectivity index (χ4n) is 2.72. The Bertz CT molecular complexity index is 754. The van der Waals surface area contributed by atoms with Gasteiger partial charge in [-0.05, 0) is 36.2 Å². The lowest BCUT2D eigenvalue weighted by Crippen LogP contribution is -2.12. The molecule has 3 aromatic carbocycles. The van der Waals surface area contributed by atoms with Crippen molar-refractivity contribution in [2.75, 3.05) is 0 Å². The Hall–Kier alpha value is -1.90.